The van der Waals surface area contributed by atoms with Gasteiger partial charge in [-0.15, -0.1) is 11.3 Å². The minimum atomic E-state index is -0.899. The van der Waals surface area contributed by atoms with Crippen LogP contribution in [0.3, 0.4) is 0 Å². The topological polar surface area (TPSA) is 92.4 Å². The van der Waals surface area contributed by atoms with Crippen molar-refractivity contribution >= 4 is 23.2 Å². The summed E-state index contributed by atoms with van der Waals surface area (Å²) in [5.74, 6) is -0.213. The highest BCUT2D eigenvalue weighted by Crippen LogP contribution is 2.25. The zero-order valence-corrected chi connectivity index (χ0v) is 14.1. The maximum Gasteiger partial charge on any atom is 0.308 e. The van der Waals surface area contributed by atoms with E-state index < -0.39 is 11.9 Å². The van der Waals surface area contributed by atoms with E-state index in [0.29, 0.717) is 17.2 Å². The Morgan fingerprint density at radius 3 is 2.70 bits per heavy atom. The molecule has 7 heteroatoms. The Labute approximate surface area is 138 Å². The molecule has 124 valence electrons. The van der Waals surface area contributed by atoms with E-state index in [1.165, 1.54) is 11.3 Å². The molecule has 0 aliphatic heterocycles. The highest BCUT2D eigenvalue weighted by atomic mass is 32.1. The Morgan fingerprint density at radius 2 is 2.13 bits per heavy atom. The molecule has 0 aliphatic rings. The lowest BCUT2D eigenvalue weighted by Gasteiger charge is -2.14. The van der Waals surface area contributed by atoms with Crippen LogP contribution in [0.1, 0.15) is 36.5 Å². The highest BCUT2D eigenvalue weighted by molar-refractivity contribution is 7.13. The Balaban J connectivity index is 1.98. The number of carbonyl (C=O) groups is 2. The normalized spacial score (nSPS) is 12.3. The van der Waals surface area contributed by atoms with E-state index >= 15 is 0 Å². The van der Waals surface area contributed by atoms with Gasteiger partial charge >= 0.3 is 5.97 Å². The Bertz CT molecular complexity index is 690. The Morgan fingerprint density at radius 1 is 1.39 bits per heavy atom. The number of aryl methyl sites for hydroxylation is 1. The van der Waals surface area contributed by atoms with Crippen molar-refractivity contribution in [3.8, 4) is 10.8 Å². The van der Waals surface area contributed by atoms with Crippen molar-refractivity contribution in [3.63, 3.8) is 0 Å². The summed E-state index contributed by atoms with van der Waals surface area (Å²) in [6.07, 6.45) is 0.517. The molecule has 0 fully saturated rings. The summed E-state index contributed by atoms with van der Waals surface area (Å²) < 4.78 is 5.47. The lowest BCUT2D eigenvalue weighted by molar-refractivity contribution is -0.142. The maximum atomic E-state index is 12.1. The lowest BCUT2D eigenvalue weighted by Crippen LogP contribution is -2.33. The monoisotopic (exact) mass is 336 g/mol. The molecule has 0 radical (unpaired) electrons. The van der Waals surface area contributed by atoms with Gasteiger partial charge in [-0.1, -0.05) is 13.8 Å². The van der Waals surface area contributed by atoms with Crippen LogP contribution in [0.4, 0.5) is 0 Å². The minimum absolute atomic E-state index is 0.0963. The third kappa shape index (κ3) is 4.66. The average Bonchev–Trinajstić information content (AvgIpc) is 3.11. The number of rotatable bonds is 7. The number of thiazole rings is 1. The number of hydrogen-bond donors (Lipinski definition) is 2. The van der Waals surface area contributed by atoms with Gasteiger partial charge in [-0.2, -0.15) is 0 Å². The fourth-order valence-electron chi connectivity index (χ4n) is 2.19. The summed E-state index contributed by atoms with van der Waals surface area (Å²) in [6.45, 7) is 5.84. The van der Waals surface area contributed by atoms with Gasteiger partial charge in [-0.05, 0) is 31.4 Å². The molecule has 0 spiro atoms. The molecule has 0 aliphatic carbocycles. The van der Waals surface area contributed by atoms with Crippen LogP contribution in [0.15, 0.2) is 21.9 Å². The number of furan rings is 1. The van der Waals surface area contributed by atoms with E-state index in [1.807, 2.05) is 26.8 Å². The predicted molar refractivity (Wildman–Crippen MR) is 87.5 cm³/mol. The molecule has 2 N–H and O–H groups in total. The Kier molecular flexibility index (Phi) is 5.54. The van der Waals surface area contributed by atoms with Crippen molar-refractivity contribution in [3.05, 3.63) is 29.0 Å². The van der Waals surface area contributed by atoms with Gasteiger partial charge in [0.2, 0.25) is 0 Å². The van der Waals surface area contributed by atoms with E-state index in [-0.39, 0.29) is 24.1 Å². The summed E-state index contributed by atoms with van der Waals surface area (Å²) in [7, 11) is 0. The van der Waals surface area contributed by atoms with E-state index in [0.717, 1.165) is 5.76 Å². The average molecular weight is 336 g/mol. The van der Waals surface area contributed by atoms with Gasteiger partial charge in [-0.25, -0.2) is 4.98 Å². The van der Waals surface area contributed by atoms with Crippen LogP contribution in [0.5, 0.6) is 0 Å². The van der Waals surface area contributed by atoms with E-state index in [4.69, 9.17) is 4.42 Å². The van der Waals surface area contributed by atoms with Gasteiger partial charge in [0, 0.05) is 11.9 Å². The molecule has 1 atom stereocenters. The number of amides is 1. The van der Waals surface area contributed by atoms with Gasteiger partial charge in [0.25, 0.3) is 5.91 Å². The molecule has 1 amide bonds. The van der Waals surface area contributed by atoms with E-state index in [9.17, 15) is 14.7 Å². The second-order valence-corrected chi connectivity index (χ2v) is 6.68. The molecule has 0 saturated heterocycles. The van der Waals surface area contributed by atoms with Crippen LogP contribution in [0, 0.1) is 18.8 Å². The van der Waals surface area contributed by atoms with Crippen LogP contribution in [-0.2, 0) is 4.79 Å². The predicted octanol–water partition coefficient (Wildman–Crippen LogP) is 3.19. The number of aliphatic carboxylic acids is 1. The van der Waals surface area contributed by atoms with Crippen molar-refractivity contribution in [2.45, 2.75) is 27.2 Å². The van der Waals surface area contributed by atoms with Gasteiger partial charge in [0.1, 0.15) is 11.5 Å². The number of hydrogen-bond acceptors (Lipinski definition) is 5. The first-order valence-corrected chi connectivity index (χ1v) is 8.28. The van der Waals surface area contributed by atoms with Crippen molar-refractivity contribution in [1.29, 1.82) is 0 Å². The summed E-state index contributed by atoms with van der Waals surface area (Å²) in [5.41, 5.74) is 0.271. The fraction of sp³-hybridized carbons (Fsp3) is 0.438. The van der Waals surface area contributed by atoms with Gasteiger partial charge < -0.3 is 14.8 Å². The number of carboxylic acid groups (broad SMARTS) is 1. The second kappa shape index (κ2) is 7.41. The number of nitrogens with one attached hydrogen (secondary N) is 1. The zero-order valence-electron chi connectivity index (χ0n) is 13.3. The summed E-state index contributed by atoms with van der Waals surface area (Å²) in [6, 6.07) is 3.64. The fourth-order valence-corrected chi connectivity index (χ4v) is 2.95. The van der Waals surface area contributed by atoms with Crippen molar-refractivity contribution in [1.82, 2.24) is 10.3 Å². The first-order chi connectivity index (χ1) is 10.9. The summed E-state index contributed by atoms with van der Waals surface area (Å²) in [4.78, 5) is 27.6. The molecule has 6 nitrogen and oxygen atoms in total. The molecule has 0 saturated carbocycles. The molecule has 23 heavy (non-hydrogen) atoms. The van der Waals surface area contributed by atoms with E-state index in [2.05, 4.69) is 10.3 Å². The van der Waals surface area contributed by atoms with Crippen LogP contribution >= 0.6 is 11.3 Å². The van der Waals surface area contributed by atoms with E-state index in [1.54, 1.807) is 11.4 Å². The minimum Gasteiger partial charge on any atom is -0.481 e. The van der Waals surface area contributed by atoms with Gasteiger partial charge in [-0.3, -0.25) is 9.59 Å². The molecule has 2 aromatic heterocycles. The molecule has 0 bridgehead atoms. The van der Waals surface area contributed by atoms with Crippen molar-refractivity contribution < 1.29 is 19.1 Å². The standard InChI is InChI=1S/C16H20N2O4S/c1-9(2)6-11(16(20)21)7-17-14(19)12-8-23-15(18-12)13-5-4-10(3)22-13/h4-5,8-9,11H,6-7H2,1-3H3,(H,17,19)(H,20,21). The summed E-state index contributed by atoms with van der Waals surface area (Å²) >= 11 is 1.31. The molecule has 1 unspecified atom stereocenters. The molecule has 0 aromatic carbocycles. The lowest BCUT2D eigenvalue weighted by atomic mass is 9.97. The number of carboxylic acids is 1. The molecular formula is C16H20N2O4S. The third-order valence-corrected chi connectivity index (χ3v) is 4.16. The quantitative estimate of drug-likeness (QED) is 0.810. The van der Waals surface area contributed by atoms with Crippen molar-refractivity contribution in [2.75, 3.05) is 6.54 Å². The van der Waals surface area contributed by atoms with Crippen LogP contribution in [-0.4, -0.2) is 28.5 Å². The zero-order chi connectivity index (χ0) is 17.0. The van der Waals surface area contributed by atoms with Crippen LogP contribution in [0.25, 0.3) is 10.8 Å². The first-order valence-electron chi connectivity index (χ1n) is 7.40. The van der Waals surface area contributed by atoms with Gasteiger partial charge in [0.15, 0.2) is 10.8 Å². The number of nitrogens with zero attached hydrogens (tertiary/aromatic N) is 1. The third-order valence-electron chi connectivity index (χ3n) is 3.30. The SMILES string of the molecule is Cc1ccc(-c2nc(C(=O)NCC(CC(C)C)C(=O)O)cs2)o1. The number of carbonyl (C=O) groups excluding carboxylic acids is 1. The van der Waals surface area contributed by atoms with Crippen LogP contribution < -0.4 is 5.32 Å². The van der Waals surface area contributed by atoms with Crippen molar-refractivity contribution in [2.24, 2.45) is 11.8 Å². The first kappa shape index (κ1) is 17.2. The molecule has 2 rings (SSSR count). The molecular weight excluding hydrogens is 316 g/mol. The Hall–Kier alpha value is -2.15. The summed E-state index contributed by atoms with van der Waals surface area (Å²) in [5, 5.41) is 14.1. The number of aromatic nitrogens is 1. The van der Waals surface area contributed by atoms with Gasteiger partial charge in [0.05, 0.1) is 5.92 Å². The smallest absolute Gasteiger partial charge is 0.308 e. The maximum absolute atomic E-state index is 12.1. The highest BCUT2D eigenvalue weighted by Gasteiger charge is 2.21. The molecule has 2 aromatic rings. The van der Waals surface area contributed by atoms with Crippen LogP contribution in [0.2, 0.25) is 0 Å². The second-order valence-electron chi connectivity index (χ2n) is 5.82. The largest absolute Gasteiger partial charge is 0.481 e. The molecule has 2 heterocycles.